The fourth-order valence-corrected chi connectivity index (χ4v) is 4.16. The molecule has 0 unspecified atom stereocenters. The van der Waals surface area contributed by atoms with Crippen molar-refractivity contribution in [3.05, 3.63) is 77.6 Å². The van der Waals surface area contributed by atoms with Crippen molar-refractivity contribution in [1.82, 2.24) is 19.6 Å². The quantitative estimate of drug-likeness (QED) is 0.698. The lowest BCUT2D eigenvalue weighted by atomic mass is 9.98. The average molecular weight is 418 g/mol. The molecular weight excluding hydrogens is 392 g/mol. The highest BCUT2D eigenvalue weighted by molar-refractivity contribution is 5.86. The third kappa shape index (κ3) is 4.51. The van der Waals surface area contributed by atoms with Crippen LogP contribution in [0.4, 0.5) is 4.79 Å². The number of hydrogen-bond acceptors (Lipinski definition) is 4. The summed E-state index contributed by atoms with van der Waals surface area (Å²) >= 11 is 0. The minimum absolute atomic E-state index is 0.00316. The number of carbonyl (C=O) groups is 2. The average Bonchev–Trinajstić information content (AvgIpc) is 3.25. The Bertz CT molecular complexity index is 1090. The zero-order valence-corrected chi connectivity index (χ0v) is 17.7. The van der Waals surface area contributed by atoms with Gasteiger partial charge in [0.2, 0.25) is 0 Å². The molecule has 31 heavy (non-hydrogen) atoms. The predicted octanol–water partition coefficient (Wildman–Crippen LogP) is 3.73. The van der Waals surface area contributed by atoms with Gasteiger partial charge in [-0.3, -0.25) is 4.90 Å². The van der Waals surface area contributed by atoms with E-state index in [0.717, 1.165) is 24.3 Å². The number of amides is 1. The summed E-state index contributed by atoms with van der Waals surface area (Å²) in [5.41, 5.74) is 4.83. The Morgan fingerprint density at radius 3 is 2.52 bits per heavy atom. The van der Waals surface area contributed by atoms with E-state index in [-0.39, 0.29) is 17.8 Å². The molecule has 7 nitrogen and oxygen atoms in total. The molecule has 1 aliphatic heterocycles. The van der Waals surface area contributed by atoms with Crippen LogP contribution in [0.1, 0.15) is 28.5 Å². The minimum atomic E-state index is -1.14. The molecule has 1 N–H and O–H groups in total. The Labute approximate surface area is 181 Å². The first-order valence-corrected chi connectivity index (χ1v) is 10.4. The Morgan fingerprint density at radius 2 is 1.87 bits per heavy atom. The number of rotatable bonds is 4. The Morgan fingerprint density at radius 1 is 1.10 bits per heavy atom. The number of nitrogens with zero attached hydrogens (tertiary/aromatic N) is 4. The summed E-state index contributed by atoms with van der Waals surface area (Å²) in [5, 5.41) is 12.9. The molecule has 1 saturated heterocycles. The number of aryl methyl sites for hydroxylation is 1. The van der Waals surface area contributed by atoms with E-state index in [4.69, 9.17) is 5.11 Å². The van der Waals surface area contributed by atoms with E-state index < -0.39 is 5.97 Å². The highest BCUT2D eigenvalue weighted by atomic mass is 16.4. The van der Waals surface area contributed by atoms with Crippen molar-refractivity contribution < 1.29 is 14.7 Å². The topological polar surface area (TPSA) is 78.7 Å². The maximum absolute atomic E-state index is 12.7. The second kappa shape index (κ2) is 8.73. The van der Waals surface area contributed by atoms with Crippen molar-refractivity contribution in [3.63, 3.8) is 0 Å². The summed E-state index contributed by atoms with van der Waals surface area (Å²) in [6.45, 7) is 7.05. The molecule has 0 aliphatic carbocycles. The summed E-state index contributed by atoms with van der Waals surface area (Å²) in [4.78, 5) is 27.8. The van der Waals surface area contributed by atoms with E-state index >= 15 is 0 Å². The molecule has 1 aromatic heterocycles. The zero-order chi connectivity index (χ0) is 22.0. The van der Waals surface area contributed by atoms with E-state index in [2.05, 4.69) is 59.4 Å². The van der Waals surface area contributed by atoms with Crippen molar-refractivity contribution >= 4 is 12.0 Å². The molecule has 160 valence electrons. The normalized spacial score (nSPS) is 17.0. The summed E-state index contributed by atoms with van der Waals surface area (Å²) < 4.78 is 1.11. The molecule has 0 radical (unpaired) electrons. The van der Waals surface area contributed by atoms with Crippen LogP contribution in [0.25, 0.3) is 11.1 Å². The molecule has 0 spiro atoms. The largest absolute Gasteiger partial charge is 0.476 e. The van der Waals surface area contributed by atoms with Gasteiger partial charge in [-0.05, 0) is 42.2 Å². The molecule has 0 bridgehead atoms. The van der Waals surface area contributed by atoms with Gasteiger partial charge in [-0.25, -0.2) is 9.59 Å². The molecule has 4 rings (SSSR count). The molecule has 7 heteroatoms. The molecule has 1 aliphatic rings. The van der Waals surface area contributed by atoms with Gasteiger partial charge >= 0.3 is 12.0 Å². The molecule has 2 heterocycles. The summed E-state index contributed by atoms with van der Waals surface area (Å²) in [7, 11) is 0. The molecule has 3 aromatic rings. The third-order valence-electron chi connectivity index (χ3n) is 5.74. The fourth-order valence-electron chi connectivity index (χ4n) is 4.16. The number of benzene rings is 2. The van der Waals surface area contributed by atoms with Gasteiger partial charge in [-0.1, -0.05) is 48.5 Å². The van der Waals surface area contributed by atoms with E-state index in [0.29, 0.717) is 6.54 Å². The van der Waals surface area contributed by atoms with Crippen LogP contribution in [0.15, 0.2) is 60.8 Å². The number of aromatic nitrogens is 2. The lowest BCUT2D eigenvalue weighted by molar-refractivity contribution is 0.0689. The summed E-state index contributed by atoms with van der Waals surface area (Å²) in [5.74, 6) is -1.14. The van der Waals surface area contributed by atoms with Gasteiger partial charge in [0.05, 0.1) is 0 Å². The Hall–Kier alpha value is -3.45. The van der Waals surface area contributed by atoms with Gasteiger partial charge in [-0.2, -0.15) is 9.78 Å². The first kappa shape index (κ1) is 20.8. The summed E-state index contributed by atoms with van der Waals surface area (Å²) in [6.07, 6.45) is 1.40. The van der Waals surface area contributed by atoms with Gasteiger partial charge in [0.15, 0.2) is 5.69 Å². The van der Waals surface area contributed by atoms with Crippen molar-refractivity contribution in [2.45, 2.75) is 26.4 Å². The first-order chi connectivity index (χ1) is 14.9. The molecule has 1 atom stereocenters. The van der Waals surface area contributed by atoms with Crippen molar-refractivity contribution in [3.8, 4) is 11.1 Å². The van der Waals surface area contributed by atoms with Crippen molar-refractivity contribution in [2.75, 3.05) is 19.6 Å². The molecule has 0 saturated carbocycles. The second-order valence-electron chi connectivity index (χ2n) is 8.03. The molecule has 1 amide bonds. The number of carboxylic acids is 1. The van der Waals surface area contributed by atoms with E-state index in [9.17, 15) is 9.59 Å². The van der Waals surface area contributed by atoms with Crippen LogP contribution >= 0.6 is 0 Å². The molecular formula is C24H26N4O3. The number of hydrogen-bond donors (Lipinski definition) is 1. The van der Waals surface area contributed by atoms with Gasteiger partial charge in [0.1, 0.15) is 0 Å². The maximum atomic E-state index is 12.7. The van der Waals surface area contributed by atoms with Crippen LogP contribution in [0, 0.1) is 6.92 Å². The molecule has 1 fully saturated rings. The second-order valence-corrected chi connectivity index (χ2v) is 8.03. The first-order valence-electron chi connectivity index (χ1n) is 10.4. The van der Waals surface area contributed by atoms with Gasteiger partial charge in [0.25, 0.3) is 0 Å². The van der Waals surface area contributed by atoms with E-state index in [1.54, 1.807) is 4.90 Å². The lowest BCUT2D eigenvalue weighted by Crippen LogP contribution is -2.54. The Balaban J connectivity index is 1.39. The maximum Gasteiger partial charge on any atom is 0.356 e. The van der Waals surface area contributed by atoms with E-state index in [1.807, 2.05) is 13.0 Å². The highest BCUT2D eigenvalue weighted by Gasteiger charge is 2.29. The van der Waals surface area contributed by atoms with Crippen molar-refractivity contribution in [2.24, 2.45) is 0 Å². The standard InChI is InChI=1S/C24H26N4O3/c1-17-14-19(8-9-21(17)20-6-4-3-5-7-20)16-26-12-13-27(18(2)15-26)24(31)28-11-10-22(25-28)23(29)30/h3-11,14,18H,12-13,15-16H2,1-2H3,(H,29,30)/t18-/m1/s1. The predicted molar refractivity (Wildman–Crippen MR) is 118 cm³/mol. The van der Waals surface area contributed by atoms with Gasteiger partial charge in [0, 0.05) is 38.4 Å². The number of aromatic carboxylic acids is 1. The SMILES string of the molecule is Cc1cc(CN2CCN(C(=O)n3ccc(C(=O)O)n3)[C@H](C)C2)ccc1-c1ccccc1. The van der Waals surface area contributed by atoms with Crippen LogP contribution in [0.5, 0.6) is 0 Å². The minimum Gasteiger partial charge on any atom is -0.476 e. The van der Waals surface area contributed by atoms with Crippen LogP contribution < -0.4 is 0 Å². The number of carboxylic acid groups (broad SMARTS) is 1. The van der Waals surface area contributed by atoms with Crippen LogP contribution in [-0.2, 0) is 6.54 Å². The fraction of sp³-hybridized carbons (Fsp3) is 0.292. The smallest absolute Gasteiger partial charge is 0.356 e. The number of carbonyl (C=O) groups excluding carboxylic acids is 1. The highest BCUT2D eigenvalue weighted by Crippen LogP contribution is 2.25. The Kier molecular flexibility index (Phi) is 5.86. The van der Waals surface area contributed by atoms with Crippen molar-refractivity contribution in [1.29, 1.82) is 0 Å². The van der Waals surface area contributed by atoms with Crippen LogP contribution in [0.3, 0.4) is 0 Å². The van der Waals surface area contributed by atoms with E-state index in [1.165, 1.54) is 34.5 Å². The zero-order valence-electron chi connectivity index (χ0n) is 17.7. The van der Waals surface area contributed by atoms with Gasteiger partial charge in [-0.15, -0.1) is 0 Å². The summed E-state index contributed by atoms with van der Waals surface area (Å²) in [6, 6.07) is 18.0. The molecule has 2 aromatic carbocycles. The lowest BCUT2D eigenvalue weighted by Gasteiger charge is -2.39. The third-order valence-corrected chi connectivity index (χ3v) is 5.74. The van der Waals surface area contributed by atoms with Crippen LogP contribution in [0.2, 0.25) is 0 Å². The number of piperazine rings is 1. The van der Waals surface area contributed by atoms with Crippen LogP contribution in [-0.4, -0.2) is 62.4 Å². The monoisotopic (exact) mass is 418 g/mol. The van der Waals surface area contributed by atoms with Gasteiger partial charge < -0.3 is 10.0 Å².